The summed E-state index contributed by atoms with van der Waals surface area (Å²) in [5.74, 6) is -0.0218. The van der Waals surface area contributed by atoms with E-state index in [-0.39, 0.29) is 30.4 Å². The Hall–Kier alpha value is -2.31. The van der Waals surface area contributed by atoms with Gasteiger partial charge in [0.15, 0.2) is 11.6 Å². The Kier molecular flexibility index (Phi) is 6.85. The second-order valence-electron chi connectivity index (χ2n) is 8.33. The van der Waals surface area contributed by atoms with Gasteiger partial charge in [-0.15, -0.1) is 9.55 Å². The molecule has 9 nitrogen and oxygen atoms in total. The molecule has 1 aliphatic heterocycles. The van der Waals surface area contributed by atoms with Gasteiger partial charge in [0.2, 0.25) is 0 Å². The van der Waals surface area contributed by atoms with E-state index in [4.69, 9.17) is 49.6 Å². The number of hydrogen-bond donors (Lipinski definition) is 2. The van der Waals surface area contributed by atoms with Gasteiger partial charge in [0.05, 0.1) is 6.61 Å². The van der Waals surface area contributed by atoms with Gasteiger partial charge in [-0.2, -0.15) is 5.26 Å². The molecular weight excluding hydrogens is 522 g/mol. The minimum Gasteiger partial charge on any atom is -0.382 e. The molecule has 0 spiro atoms. The molecule has 0 amide bonds. The van der Waals surface area contributed by atoms with Crippen LogP contribution in [0.15, 0.2) is 36.5 Å². The lowest BCUT2D eigenvalue weighted by Crippen LogP contribution is -2.35. The lowest BCUT2D eigenvalue weighted by Gasteiger charge is -2.41. The van der Waals surface area contributed by atoms with Crippen LogP contribution in [0.25, 0.3) is 0 Å². The average molecular weight is 542 g/mol. The Labute approximate surface area is 211 Å². The summed E-state index contributed by atoms with van der Waals surface area (Å²) in [6, 6.07) is 10.4. The highest BCUT2D eigenvalue weighted by Crippen LogP contribution is 2.63. The number of aromatic nitrogens is 3. The maximum Gasteiger partial charge on any atom is 0.457 e. The smallest absolute Gasteiger partial charge is 0.382 e. The van der Waals surface area contributed by atoms with Crippen molar-refractivity contribution in [1.29, 1.82) is 5.26 Å². The van der Waals surface area contributed by atoms with Crippen LogP contribution in [0.4, 0.5) is 11.6 Å². The minimum atomic E-state index is -4.09. The molecule has 2 atom stereocenters. The molecule has 0 bridgehead atoms. The van der Waals surface area contributed by atoms with Crippen LogP contribution in [0, 0.1) is 16.7 Å². The Morgan fingerprint density at radius 2 is 2.09 bits per heavy atom. The van der Waals surface area contributed by atoms with E-state index in [0.29, 0.717) is 20.8 Å². The molecule has 13 heteroatoms. The predicted molar refractivity (Wildman–Crippen MR) is 131 cm³/mol. The molecule has 0 unspecified atom stereocenters. The van der Waals surface area contributed by atoms with Crippen molar-refractivity contribution in [1.82, 2.24) is 14.5 Å². The quantitative estimate of drug-likeness (QED) is 0.294. The van der Waals surface area contributed by atoms with E-state index in [1.807, 2.05) is 19.9 Å². The van der Waals surface area contributed by atoms with E-state index in [1.54, 1.807) is 36.5 Å². The molecule has 178 valence electrons. The summed E-state index contributed by atoms with van der Waals surface area (Å²) in [7, 11) is -4.09. The highest BCUT2D eigenvalue weighted by Gasteiger charge is 2.48. The first-order valence-corrected chi connectivity index (χ1v) is 12.7. The van der Waals surface area contributed by atoms with Crippen molar-refractivity contribution in [3.8, 4) is 6.07 Å². The molecule has 34 heavy (non-hydrogen) atoms. The number of nitriles is 1. The van der Waals surface area contributed by atoms with Gasteiger partial charge in [-0.25, -0.2) is 9.55 Å². The number of anilines is 2. The Balaban J connectivity index is 1.67. The highest BCUT2D eigenvalue weighted by molar-refractivity contribution is 7.52. The third-order valence-electron chi connectivity index (χ3n) is 5.29. The van der Waals surface area contributed by atoms with Gasteiger partial charge in [0.25, 0.3) is 0 Å². The van der Waals surface area contributed by atoms with Crippen molar-refractivity contribution in [2.45, 2.75) is 26.5 Å². The van der Waals surface area contributed by atoms with Crippen molar-refractivity contribution >= 4 is 54.2 Å². The monoisotopic (exact) mass is 540 g/mol. The maximum atomic E-state index is 13.8. The number of hydrogen-bond acceptors (Lipinski definition) is 8. The number of nitrogens with two attached hydrogens (primary N) is 1. The van der Waals surface area contributed by atoms with Gasteiger partial charge in [-0.3, -0.25) is 9.05 Å². The van der Waals surface area contributed by atoms with Crippen LogP contribution in [-0.2, 0) is 20.2 Å². The summed E-state index contributed by atoms with van der Waals surface area (Å²) < 4.78 is 26.5. The zero-order valence-corrected chi connectivity index (χ0v) is 21.3. The lowest BCUT2D eigenvalue weighted by molar-refractivity contribution is -0.0303. The van der Waals surface area contributed by atoms with Crippen molar-refractivity contribution < 1.29 is 13.6 Å². The van der Waals surface area contributed by atoms with Crippen LogP contribution in [-0.4, -0.2) is 21.1 Å². The maximum absolute atomic E-state index is 13.8. The molecule has 4 rings (SSSR count). The molecule has 3 aromatic rings. The molecule has 1 aliphatic rings. The average Bonchev–Trinajstić information content (AvgIpc) is 3.11. The highest BCUT2D eigenvalue weighted by atomic mass is 35.5. The van der Waals surface area contributed by atoms with Gasteiger partial charge in [0.1, 0.15) is 22.9 Å². The minimum absolute atomic E-state index is 0.00950. The third kappa shape index (κ3) is 4.76. The van der Waals surface area contributed by atoms with Crippen LogP contribution in [0.1, 0.15) is 36.6 Å². The van der Waals surface area contributed by atoms with Crippen LogP contribution < -0.4 is 11.1 Å². The number of nitrogen functional groups attached to an aromatic ring is 1. The van der Waals surface area contributed by atoms with E-state index in [0.717, 1.165) is 10.0 Å². The fraction of sp³-hybridized carbons (Fsp3) is 0.286. The lowest BCUT2D eigenvalue weighted by atomic mass is 9.83. The first-order chi connectivity index (χ1) is 16.0. The van der Waals surface area contributed by atoms with E-state index in [2.05, 4.69) is 15.4 Å². The molecule has 1 saturated heterocycles. The third-order valence-corrected chi connectivity index (χ3v) is 7.78. The van der Waals surface area contributed by atoms with Crippen molar-refractivity contribution in [3.63, 3.8) is 0 Å². The molecule has 2 aromatic heterocycles. The molecule has 0 saturated carbocycles. The summed E-state index contributed by atoms with van der Waals surface area (Å²) >= 11 is 18.3. The molecule has 1 aromatic carbocycles. The van der Waals surface area contributed by atoms with Crippen molar-refractivity contribution in [2.75, 3.05) is 17.7 Å². The van der Waals surface area contributed by atoms with Gasteiger partial charge < -0.3 is 11.1 Å². The largest absolute Gasteiger partial charge is 0.457 e. The Morgan fingerprint density at radius 3 is 2.74 bits per heavy atom. The normalized spacial score (nSPS) is 21.7. The van der Waals surface area contributed by atoms with Gasteiger partial charge in [-0.05, 0) is 23.8 Å². The van der Waals surface area contributed by atoms with Gasteiger partial charge >= 0.3 is 7.75 Å². The van der Waals surface area contributed by atoms with E-state index in [9.17, 15) is 9.83 Å². The number of benzene rings is 1. The van der Waals surface area contributed by atoms with Crippen LogP contribution >= 0.6 is 42.5 Å². The fourth-order valence-corrected chi connectivity index (χ4v) is 6.06. The summed E-state index contributed by atoms with van der Waals surface area (Å²) in [4.78, 5) is 4.01. The molecular formula is C21H20Cl3N6O3P. The van der Waals surface area contributed by atoms with E-state index >= 15 is 0 Å². The summed E-state index contributed by atoms with van der Waals surface area (Å²) in [6.07, 6.45) is 0.863. The summed E-state index contributed by atoms with van der Waals surface area (Å²) in [6.45, 7) is 4.13. The number of nitrogens with one attached hydrogen (secondary N) is 1. The van der Waals surface area contributed by atoms with Crippen molar-refractivity contribution in [2.24, 2.45) is 5.41 Å². The van der Waals surface area contributed by atoms with Crippen molar-refractivity contribution in [3.05, 3.63) is 68.4 Å². The molecule has 1 fully saturated rings. The van der Waals surface area contributed by atoms with Crippen LogP contribution in [0.3, 0.4) is 0 Å². The number of nitrogens with zero attached hydrogens (tertiary/aromatic N) is 4. The SMILES string of the molecule is CC1(C)CO[P@@](=O)(n2nc(NCc3ccc(Cl)nc3)c(C#N)c2N)O[C@H]1c1ccc(Cl)cc1Cl. The first kappa shape index (κ1) is 24.8. The van der Waals surface area contributed by atoms with Gasteiger partial charge in [-0.1, -0.05) is 60.8 Å². The fourth-order valence-electron chi connectivity index (χ4n) is 3.46. The standard InChI is InChI=1S/C21H20Cl3N6O3P/c1-21(2)11-32-34(31,33-18(21)14-5-4-13(22)7-16(14)23)30-19(26)15(8-25)20(29-30)28-10-12-3-6-17(24)27-9-12/h3-7,9,18H,10-11,26H2,1-2H3,(H,28,29)/t18-,34-/m0/s1. The summed E-state index contributed by atoms with van der Waals surface area (Å²) in [5.41, 5.74) is 6.96. The second-order valence-corrected chi connectivity index (χ2v) is 11.4. The number of halogens is 3. The Morgan fingerprint density at radius 1 is 1.32 bits per heavy atom. The number of rotatable bonds is 5. The number of pyridine rings is 1. The van der Waals surface area contributed by atoms with Gasteiger partial charge in [0, 0.05) is 33.8 Å². The molecule has 0 aliphatic carbocycles. The van der Waals surface area contributed by atoms with E-state index in [1.165, 1.54) is 0 Å². The molecule has 3 heterocycles. The second kappa shape index (κ2) is 9.38. The predicted octanol–water partition coefficient (Wildman–Crippen LogP) is 6.07. The topological polar surface area (TPSA) is 128 Å². The molecule has 0 radical (unpaired) electrons. The van der Waals surface area contributed by atoms with Crippen LogP contribution in [0.5, 0.6) is 0 Å². The Bertz CT molecular complexity index is 1320. The first-order valence-electron chi connectivity index (χ1n) is 10.1. The zero-order valence-electron chi connectivity index (χ0n) is 18.1. The van der Waals surface area contributed by atoms with Crippen LogP contribution in [0.2, 0.25) is 15.2 Å². The molecule has 3 N–H and O–H groups in total. The van der Waals surface area contributed by atoms with E-state index < -0.39 is 19.3 Å². The zero-order chi connectivity index (χ0) is 24.7. The summed E-state index contributed by atoms with van der Waals surface area (Å²) in [5, 5.41) is 18.1.